The first-order valence-corrected chi connectivity index (χ1v) is 11.4. The molecule has 0 aromatic heterocycles. The van der Waals surface area contributed by atoms with Gasteiger partial charge < -0.3 is 15.0 Å². The normalized spacial score (nSPS) is 21.9. The smallest absolute Gasteiger partial charge is 0.403 e. The first kappa shape index (κ1) is 23.5. The van der Waals surface area contributed by atoms with E-state index in [0.717, 1.165) is 49.8 Å². The molecule has 1 saturated carbocycles. The third-order valence-electron chi connectivity index (χ3n) is 6.57. The molecule has 8 heteroatoms. The van der Waals surface area contributed by atoms with E-state index in [1.807, 2.05) is 35.2 Å². The summed E-state index contributed by atoms with van der Waals surface area (Å²) in [4.78, 5) is 15.3. The molecule has 1 heterocycles. The highest BCUT2D eigenvalue weighted by Crippen LogP contribution is 2.36. The minimum Gasteiger partial charge on any atom is -0.403 e. The van der Waals surface area contributed by atoms with Gasteiger partial charge in [-0.1, -0.05) is 55.7 Å². The average molecular weight is 465 g/mol. The van der Waals surface area contributed by atoms with Crippen LogP contribution in [0.1, 0.15) is 55.7 Å². The van der Waals surface area contributed by atoms with Gasteiger partial charge in [-0.3, -0.25) is 4.79 Å². The maximum Gasteiger partial charge on any atom is 0.573 e. The van der Waals surface area contributed by atoms with Gasteiger partial charge in [0.2, 0.25) is 5.91 Å². The molecule has 1 aliphatic carbocycles. The lowest BCUT2D eigenvalue weighted by molar-refractivity contribution is -0.275. The zero-order valence-electron chi connectivity index (χ0n) is 18.3. The molecule has 2 fully saturated rings. The predicted molar refractivity (Wildman–Crippen MR) is 116 cm³/mol. The Hall–Kier alpha value is -2.61. The fourth-order valence-corrected chi connectivity index (χ4v) is 5.01. The fourth-order valence-electron chi connectivity index (χ4n) is 5.01. The Morgan fingerprint density at radius 2 is 1.76 bits per heavy atom. The summed E-state index contributed by atoms with van der Waals surface area (Å²) < 4.78 is 54.9. The highest BCUT2D eigenvalue weighted by Gasteiger charge is 2.40. The quantitative estimate of drug-likeness (QED) is 0.555. The van der Waals surface area contributed by atoms with Crippen molar-refractivity contribution in [2.75, 3.05) is 6.54 Å². The minimum atomic E-state index is -4.94. The van der Waals surface area contributed by atoms with Crippen LogP contribution < -0.4 is 10.1 Å². The molecule has 1 N–H and O–H groups in total. The van der Waals surface area contributed by atoms with Crippen molar-refractivity contribution in [3.8, 4) is 5.75 Å². The van der Waals surface area contributed by atoms with Gasteiger partial charge in [0.25, 0.3) is 0 Å². The van der Waals surface area contributed by atoms with Crippen LogP contribution in [-0.2, 0) is 11.3 Å². The second kappa shape index (κ2) is 10.1. The highest BCUT2D eigenvalue weighted by molar-refractivity contribution is 5.80. The van der Waals surface area contributed by atoms with E-state index >= 15 is 0 Å². The molecule has 4 nitrogen and oxygen atoms in total. The molecule has 1 aliphatic heterocycles. The highest BCUT2D eigenvalue weighted by atomic mass is 19.4. The lowest BCUT2D eigenvalue weighted by Crippen LogP contribution is -2.41. The van der Waals surface area contributed by atoms with Gasteiger partial charge in [0.15, 0.2) is 11.6 Å². The van der Waals surface area contributed by atoms with Crippen LogP contribution in [0.2, 0.25) is 0 Å². The molecular weight excluding hydrogens is 436 g/mol. The van der Waals surface area contributed by atoms with E-state index in [0.29, 0.717) is 12.1 Å². The Morgan fingerprint density at radius 3 is 2.42 bits per heavy atom. The van der Waals surface area contributed by atoms with Crippen LogP contribution in [0.25, 0.3) is 0 Å². The number of halogens is 4. The Balaban J connectivity index is 1.47. The number of rotatable bonds is 6. The first-order valence-electron chi connectivity index (χ1n) is 11.4. The number of hydrogen-bond donors (Lipinski definition) is 1. The number of ether oxygens (including phenoxy) is 1. The number of likely N-dealkylation sites (tertiary alicyclic amines) is 1. The van der Waals surface area contributed by atoms with Crippen molar-refractivity contribution in [1.82, 2.24) is 10.2 Å². The molecule has 2 aromatic rings. The first-order chi connectivity index (χ1) is 15.8. The average Bonchev–Trinajstić information content (AvgIpc) is 3.23. The molecule has 1 amide bonds. The van der Waals surface area contributed by atoms with Gasteiger partial charge in [-0.05, 0) is 42.5 Å². The molecule has 1 saturated heterocycles. The Bertz CT molecular complexity index is 945. The SMILES string of the molecule is O=C(C1CCCCC1)N1CCC(NCc2ccc(OC(F)(F)F)c(F)c2)C1c1ccccc1. The number of carbonyl (C=O) groups is 1. The second-order valence-corrected chi connectivity index (χ2v) is 8.81. The lowest BCUT2D eigenvalue weighted by Gasteiger charge is -2.33. The molecule has 2 aliphatic rings. The zero-order chi connectivity index (χ0) is 23.4. The van der Waals surface area contributed by atoms with Crippen LogP contribution in [0.3, 0.4) is 0 Å². The summed E-state index contributed by atoms with van der Waals surface area (Å²) in [5.74, 6) is -1.64. The van der Waals surface area contributed by atoms with Gasteiger partial charge >= 0.3 is 6.36 Å². The topological polar surface area (TPSA) is 41.6 Å². The summed E-state index contributed by atoms with van der Waals surface area (Å²) in [7, 11) is 0. The molecule has 4 rings (SSSR count). The van der Waals surface area contributed by atoms with E-state index < -0.39 is 17.9 Å². The molecule has 2 atom stereocenters. The van der Waals surface area contributed by atoms with E-state index in [4.69, 9.17) is 0 Å². The van der Waals surface area contributed by atoms with E-state index in [-0.39, 0.29) is 30.5 Å². The number of nitrogens with zero attached hydrogens (tertiary/aromatic N) is 1. The van der Waals surface area contributed by atoms with Crippen molar-refractivity contribution in [2.24, 2.45) is 5.92 Å². The molecule has 0 radical (unpaired) electrons. The Morgan fingerprint density at radius 1 is 1.03 bits per heavy atom. The Kier molecular flexibility index (Phi) is 7.22. The van der Waals surface area contributed by atoms with Crippen molar-refractivity contribution in [3.63, 3.8) is 0 Å². The molecule has 2 unspecified atom stereocenters. The molecule has 0 spiro atoms. The number of amides is 1. The lowest BCUT2D eigenvalue weighted by atomic mass is 9.87. The van der Waals surface area contributed by atoms with E-state index in [1.54, 1.807) is 0 Å². The molecule has 33 heavy (non-hydrogen) atoms. The van der Waals surface area contributed by atoms with Crippen LogP contribution in [0, 0.1) is 11.7 Å². The third kappa shape index (κ3) is 5.85. The second-order valence-electron chi connectivity index (χ2n) is 8.81. The van der Waals surface area contributed by atoms with Crippen LogP contribution in [0.5, 0.6) is 5.75 Å². The van der Waals surface area contributed by atoms with Crippen LogP contribution in [-0.4, -0.2) is 29.8 Å². The summed E-state index contributed by atoms with van der Waals surface area (Å²) >= 11 is 0. The van der Waals surface area contributed by atoms with Crippen LogP contribution in [0.4, 0.5) is 17.6 Å². The number of hydrogen-bond acceptors (Lipinski definition) is 3. The predicted octanol–water partition coefficient (Wildman–Crippen LogP) is 5.74. The Labute approximate surface area is 190 Å². The van der Waals surface area contributed by atoms with Gasteiger partial charge in [0.1, 0.15) is 0 Å². The monoisotopic (exact) mass is 464 g/mol. The molecular formula is C25H28F4N2O2. The number of carbonyl (C=O) groups excluding carboxylic acids is 1. The van der Waals surface area contributed by atoms with Crippen LogP contribution >= 0.6 is 0 Å². The summed E-state index contributed by atoms with van der Waals surface area (Å²) in [6.07, 6.45) is 1.01. The summed E-state index contributed by atoms with van der Waals surface area (Å²) in [5.41, 5.74) is 1.54. The number of benzene rings is 2. The van der Waals surface area contributed by atoms with Gasteiger partial charge in [-0.15, -0.1) is 13.2 Å². The third-order valence-corrected chi connectivity index (χ3v) is 6.57. The number of nitrogens with one attached hydrogen (secondary N) is 1. The largest absolute Gasteiger partial charge is 0.573 e. The van der Waals surface area contributed by atoms with E-state index in [2.05, 4.69) is 10.1 Å². The fraction of sp³-hybridized carbons (Fsp3) is 0.480. The number of alkyl halides is 3. The maximum atomic E-state index is 14.1. The minimum absolute atomic E-state index is 0.0471. The summed E-state index contributed by atoms with van der Waals surface area (Å²) in [6.45, 7) is 0.905. The summed E-state index contributed by atoms with van der Waals surface area (Å²) in [5, 5.41) is 3.41. The van der Waals surface area contributed by atoms with E-state index in [1.165, 1.54) is 12.5 Å². The zero-order valence-corrected chi connectivity index (χ0v) is 18.3. The van der Waals surface area contributed by atoms with Crippen molar-refractivity contribution >= 4 is 5.91 Å². The van der Waals surface area contributed by atoms with Gasteiger partial charge in [-0.25, -0.2) is 4.39 Å². The van der Waals surface area contributed by atoms with Gasteiger partial charge in [0.05, 0.1) is 6.04 Å². The van der Waals surface area contributed by atoms with Crippen molar-refractivity contribution in [1.29, 1.82) is 0 Å². The van der Waals surface area contributed by atoms with Gasteiger partial charge in [0, 0.05) is 25.0 Å². The summed E-state index contributed by atoms with van der Waals surface area (Å²) in [6, 6.07) is 13.1. The maximum absolute atomic E-state index is 14.1. The van der Waals surface area contributed by atoms with Crippen molar-refractivity contribution in [3.05, 3.63) is 65.5 Å². The molecule has 0 bridgehead atoms. The van der Waals surface area contributed by atoms with Gasteiger partial charge in [-0.2, -0.15) is 0 Å². The van der Waals surface area contributed by atoms with Crippen molar-refractivity contribution in [2.45, 2.75) is 63.5 Å². The standard InChI is InChI=1S/C25H28F4N2O2/c26-20-15-17(11-12-22(20)33-25(27,28)29)16-30-21-13-14-31(23(21)18-7-3-1-4-8-18)24(32)19-9-5-2-6-10-19/h1,3-4,7-8,11-12,15,19,21,23,30H,2,5-6,9-10,13-14,16H2. The molecule has 2 aromatic carbocycles. The van der Waals surface area contributed by atoms with Crippen molar-refractivity contribution < 1.29 is 27.1 Å². The molecule has 178 valence electrons. The van der Waals surface area contributed by atoms with Crippen LogP contribution in [0.15, 0.2) is 48.5 Å². The van der Waals surface area contributed by atoms with E-state index in [9.17, 15) is 22.4 Å².